The van der Waals surface area contributed by atoms with Crippen LogP contribution in [0.5, 0.6) is 0 Å². The molecular formula is C14H19ClN2OS. The molecule has 2 unspecified atom stereocenters. The Morgan fingerprint density at radius 1 is 1.42 bits per heavy atom. The van der Waals surface area contributed by atoms with Crippen LogP contribution in [-0.2, 0) is 11.2 Å². The molecule has 3 rings (SSSR count). The third-order valence-corrected chi connectivity index (χ3v) is 5.14. The Morgan fingerprint density at radius 3 is 2.89 bits per heavy atom. The molecule has 1 fully saturated rings. The maximum absolute atomic E-state index is 12.5. The van der Waals surface area contributed by atoms with Gasteiger partial charge in [-0.2, -0.15) is 0 Å². The SMILES string of the molecule is CNC1CCN(C(=O)C2Cc3ccccc3S2)C1.Cl. The Kier molecular flexibility index (Phi) is 4.76. The highest BCUT2D eigenvalue weighted by atomic mass is 35.5. The Labute approximate surface area is 124 Å². The predicted molar refractivity (Wildman–Crippen MR) is 81.1 cm³/mol. The molecular weight excluding hydrogens is 280 g/mol. The zero-order valence-electron chi connectivity index (χ0n) is 11.0. The summed E-state index contributed by atoms with van der Waals surface area (Å²) in [5.41, 5.74) is 1.32. The van der Waals surface area contributed by atoms with Crippen molar-refractivity contribution in [2.24, 2.45) is 0 Å². The van der Waals surface area contributed by atoms with E-state index in [9.17, 15) is 4.79 Å². The van der Waals surface area contributed by atoms with Crippen LogP contribution in [0.2, 0.25) is 0 Å². The summed E-state index contributed by atoms with van der Waals surface area (Å²) in [6, 6.07) is 8.83. The smallest absolute Gasteiger partial charge is 0.236 e. The lowest BCUT2D eigenvalue weighted by atomic mass is 10.1. The van der Waals surface area contributed by atoms with Crippen LogP contribution in [-0.4, -0.2) is 42.2 Å². The summed E-state index contributed by atoms with van der Waals surface area (Å²) >= 11 is 1.73. The fourth-order valence-corrected chi connectivity index (χ4v) is 4.00. The van der Waals surface area contributed by atoms with Gasteiger partial charge in [0, 0.05) is 24.0 Å². The van der Waals surface area contributed by atoms with Gasteiger partial charge >= 0.3 is 0 Å². The average molecular weight is 299 g/mol. The number of fused-ring (bicyclic) bond motifs is 1. The lowest BCUT2D eigenvalue weighted by Gasteiger charge is -2.19. The van der Waals surface area contributed by atoms with Crippen LogP contribution in [0, 0.1) is 0 Å². The molecule has 1 amide bonds. The van der Waals surface area contributed by atoms with Crippen LogP contribution in [0.15, 0.2) is 29.2 Å². The molecule has 1 aromatic carbocycles. The summed E-state index contributed by atoms with van der Waals surface area (Å²) < 4.78 is 0. The third kappa shape index (κ3) is 2.91. The van der Waals surface area contributed by atoms with Crippen LogP contribution in [0.1, 0.15) is 12.0 Å². The third-order valence-electron chi connectivity index (χ3n) is 3.83. The summed E-state index contributed by atoms with van der Waals surface area (Å²) in [4.78, 5) is 15.8. The molecule has 2 aliphatic rings. The number of hydrogen-bond donors (Lipinski definition) is 1. The molecule has 2 atom stereocenters. The number of likely N-dealkylation sites (N-methyl/N-ethyl adjacent to an activating group) is 1. The summed E-state index contributed by atoms with van der Waals surface area (Å²) in [6.07, 6.45) is 1.97. The van der Waals surface area contributed by atoms with Crippen LogP contribution in [0.3, 0.4) is 0 Å². The maximum Gasteiger partial charge on any atom is 0.236 e. The number of benzene rings is 1. The Morgan fingerprint density at radius 2 is 2.21 bits per heavy atom. The highest BCUT2D eigenvalue weighted by Crippen LogP contribution is 2.37. The van der Waals surface area contributed by atoms with Crippen LogP contribution >= 0.6 is 24.2 Å². The van der Waals surface area contributed by atoms with E-state index < -0.39 is 0 Å². The van der Waals surface area contributed by atoms with Crippen molar-refractivity contribution >= 4 is 30.1 Å². The second-order valence-corrected chi connectivity index (χ2v) is 6.22. The molecule has 0 radical (unpaired) electrons. The standard InChI is InChI=1S/C14H18N2OS.ClH/c1-15-11-6-7-16(9-11)14(17)13-8-10-4-2-3-5-12(10)18-13;/h2-5,11,13,15H,6-9H2,1H3;1H. The number of nitrogens with zero attached hydrogens (tertiary/aromatic N) is 1. The number of nitrogens with one attached hydrogen (secondary N) is 1. The van der Waals surface area contributed by atoms with Crippen molar-refractivity contribution in [2.75, 3.05) is 20.1 Å². The van der Waals surface area contributed by atoms with Crippen molar-refractivity contribution in [2.45, 2.75) is 29.0 Å². The molecule has 5 heteroatoms. The number of amides is 1. The predicted octanol–water partition coefficient (Wildman–Crippen LogP) is 1.95. The van der Waals surface area contributed by atoms with E-state index in [-0.39, 0.29) is 17.7 Å². The van der Waals surface area contributed by atoms with Crippen molar-refractivity contribution < 1.29 is 4.79 Å². The lowest BCUT2D eigenvalue weighted by molar-refractivity contribution is -0.129. The highest BCUT2D eigenvalue weighted by Gasteiger charge is 2.34. The van der Waals surface area contributed by atoms with Crippen molar-refractivity contribution in [1.82, 2.24) is 10.2 Å². The fourth-order valence-electron chi connectivity index (χ4n) is 2.72. The van der Waals surface area contributed by atoms with E-state index in [4.69, 9.17) is 0 Å². The summed E-state index contributed by atoms with van der Waals surface area (Å²) in [7, 11) is 1.97. The molecule has 0 saturated carbocycles. The first kappa shape index (κ1) is 14.7. The number of carbonyl (C=O) groups is 1. The van der Waals surface area contributed by atoms with Gasteiger partial charge in [-0.3, -0.25) is 4.79 Å². The number of carbonyl (C=O) groups excluding carboxylic acids is 1. The zero-order valence-corrected chi connectivity index (χ0v) is 12.6. The van der Waals surface area contributed by atoms with Crippen LogP contribution in [0.25, 0.3) is 0 Å². The molecule has 3 nitrogen and oxygen atoms in total. The lowest BCUT2D eigenvalue weighted by Crippen LogP contribution is -2.38. The monoisotopic (exact) mass is 298 g/mol. The van der Waals surface area contributed by atoms with Gasteiger partial charge in [0.15, 0.2) is 0 Å². The van der Waals surface area contributed by atoms with Gasteiger partial charge < -0.3 is 10.2 Å². The summed E-state index contributed by atoms with van der Waals surface area (Å²) in [5, 5.41) is 3.35. The molecule has 1 saturated heterocycles. The molecule has 1 aromatic rings. The summed E-state index contributed by atoms with van der Waals surface area (Å²) in [5.74, 6) is 0.314. The molecule has 0 bridgehead atoms. The van der Waals surface area contributed by atoms with E-state index in [1.807, 2.05) is 18.0 Å². The molecule has 2 aliphatic heterocycles. The van der Waals surface area contributed by atoms with Crippen molar-refractivity contribution in [3.8, 4) is 0 Å². The van der Waals surface area contributed by atoms with E-state index >= 15 is 0 Å². The van der Waals surface area contributed by atoms with Crippen LogP contribution < -0.4 is 5.32 Å². The average Bonchev–Trinajstić information content (AvgIpc) is 3.04. The van der Waals surface area contributed by atoms with Gasteiger partial charge in [-0.05, 0) is 31.5 Å². The number of halogens is 1. The molecule has 19 heavy (non-hydrogen) atoms. The molecule has 2 heterocycles. The second kappa shape index (κ2) is 6.16. The number of rotatable bonds is 2. The van der Waals surface area contributed by atoms with E-state index in [2.05, 4.69) is 23.5 Å². The maximum atomic E-state index is 12.5. The first-order chi connectivity index (χ1) is 8.78. The zero-order chi connectivity index (χ0) is 12.5. The minimum Gasteiger partial charge on any atom is -0.340 e. The second-order valence-electron chi connectivity index (χ2n) is 4.98. The van der Waals surface area contributed by atoms with Gasteiger partial charge in [0.25, 0.3) is 0 Å². The van der Waals surface area contributed by atoms with Gasteiger partial charge in [0.1, 0.15) is 0 Å². The Hall–Kier alpha value is -0.710. The van der Waals surface area contributed by atoms with Gasteiger partial charge in [0.2, 0.25) is 5.91 Å². The van der Waals surface area contributed by atoms with Crippen LogP contribution in [0.4, 0.5) is 0 Å². The normalized spacial score (nSPS) is 25.0. The van der Waals surface area contributed by atoms with E-state index in [0.29, 0.717) is 11.9 Å². The minimum atomic E-state index is 0. The molecule has 104 valence electrons. The minimum absolute atomic E-state index is 0. The van der Waals surface area contributed by atoms with Gasteiger partial charge in [-0.15, -0.1) is 24.2 Å². The summed E-state index contributed by atoms with van der Waals surface area (Å²) in [6.45, 7) is 1.76. The van der Waals surface area contributed by atoms with Crippen molar-refractivity contribution in [3.63, 3.8) is 0 Å². The topological polar surface area (TPSA) is 32.3 Å². The quantitative estimate of drug-likeness (QED) is 0.906. The molecule has 0 aromatic heterocycles. The number of thioether (sulfide) groups is 1. The molecule has 0 aliphatic carbocycles. The largest absolute Gasteiger partial charge is 0.340 e. The van der Waals surface area contributed by atoms with E-state index in [1.165, 1.54) is 10.5 Å². The molecule has 0 spiro atoms. The fraction of sp³-hybridized carbons (Fsp3) is 0.500. The van der Waals surface area contributed by atoms with Crippen molar-refractivity contribution in [3.05, 3.63) is 29.8 Å². The number of hydrogen-bond acceptors (Lipinski definition) is 3. The highest BCUT2D eigenvalue weighted by molar-refractivity contribution is 8.01. The van der Waals surface area contributed by atoms with Crippen molar-refractivity contribution in [1.29, 1.82) is 0 Å². The van der Waals surface area contributed by atoms with Gasteiger partial charge in [0.05, 0.1) is 5.25 Å². The number of likely N-dealkylation sites (tertiary alicyclic amines) is 1. The Balaban J connectivity index is 0.00000133. The Bertz CT molecular complexity index is 444. The van der Waals surface area contributed by atoms with Gasteiger partial charge in [-0.1, -0.05) is 18.2 Å². The first-order valence-electron chi connectivity index (χ1n) is 6.48. The van der Waals surface area contributed by atoms with E-state index in [1.54, 1.807) is 11.8 Å². The first-order valence-corrected chi connectivity index (χ1v) is 7.36. The van der Waals surface area contributed by atoms with Gasteiger partial charge in [-0.25, -0.2) is 0 Å². The molecule has 1 N–H and O–H groups in total. The van der Waals surface area contributed by atoms with E-state index in [0.717, 1.165) is 25.9 Å².